The Morgan fingerprint density at radius 2 is 1.82 bits per heavy atom. The van der Waals surface area contributed by atoms with Crippen molar-refractivity contribution >= 4 is 29.9 Å². The lowest BCUT2D eigenvalue weighted by molar-refractivity contribution is -0.171. The Bertz CT molecular complexity index is 418. The first-order valence-electron chi connectivity index (χ1n) is 8.95. The Balaban J connectivity index is 0.00000144. The average Bonchev–Trinajstić information content (AvgIpc) is 2.88. The Morgan fingerprint density at radius 1 is 1.05 bits per heavy atom. The van der Waals surface area contributed by atoms with Gasteiger partial charge in [0, 0.05) is 37.1 Å². The van der Waals surface area contributed by atoms with Gasteiger partial charge in [-0.2, -0.15) is 0 Å². The van der Waals surface area contributed by atoms with Gasteiger partial charge < -0.3 is 15.4 Å². The van der Waals surface area contributed by atoms with E-state index in [0.29, 0.717) is 23.6 Å². The second kappa shape index (κ2) is 6.83. The third-order valence-corrected chi connectivity index (χ3v) is 6.50. The molecule has 4 aliphatic rings. The quantitative estimate of drug-likeness (QED) is 0.411. The molecule has 1 spiro atoms. The van der Waals surface area contributed by atoms with Crippen LogP contribution in [0.5, 0.6) is 0 Å². The summed E-state index contributed by atoms with van der Waals surface area (Å²) in [6.07, 6.45) is 12.5. The third-order valence-electron chi connectivity index (χ3n) is 6.50. The van der Waals surface area contributed by atoms with Crippen molar-refractivity contribution in [3.8, 4) is 0 Å². The van der Waals surface area contributed by atoms with Gasteiger partial charge >= 0.3 is 0 Å². The number of hydrogen-bond donors (Lipinski definition) is 2. The van der Waals surface area contributed by atoms with Crippen molar-refractivity contribution in [1.29, 1.82) is 0 Å². The first-order valence-corrected chi connectivity index (χ1v) is 8.95. The van der Waals surface area contributed by atoms with Gasteiger partial charge in [0.25, 0.3) is 0 Å². The molecule has 126 valence electrons. The molecule has 4 nitrogen and oxygen atoms in total. The van der Waals surface area contributed by atoms with Gasteiger partial charge in [0.15, 0.2) is 5.96 Å². The van der Waals surface area contributed by atoms with Crippen LogP contribution in [0.1, 0.15) is 57.8 Å². The van der Waals surface area contributed by atoms with Gasteiger partial charge in [-0.15, -0.1) is 24.0 Å². The Hall–Kier alpha value is -0.0400. The van der Waals surface area contributed by atoms with Crippen molar-refractivity contribution in [1.82, 2.24) is 10.6 Å². The second-order valence-electron chi connectivity index (χ2n) is 7.50. The molecule has 4 fully saturated rings. The molecule has 0 aromatic rings. The molecule has 3 saturated carbocycles. The summed E-state index contributed by atoms with van der Waals surface area (Å²) in [7, 11) is 1.91. The maximum atomic E-state index is 6.00. The van der Waals surface area contributed by atoms with E-state index >= 15 is 0 Å². The van der Waals surface area contributed by atoms with E-state index in [2.05, 4.69) is 15.6 Å². The first kappa shape index (κ1) is 16.8. The fourth-order valence-electron chi connectivity index (χ4n) is 5.21. The fraction of sp³-hybridized carbons (Fsp3) is 0.941. The molecule has 0 amide bonds. The van der Waals surface area contributed by atoms with Crippen LogP contribution in [0.25, 0.3) is 0 Å². The molecule has 1 aliphatic heterocycles. The highest BCUT2D eigenvalue weighted by atomic mass is 127. The topological polar surface area (TPSA) is 45.7 Å². The molecule has 1 saturated heterocycles. The maximum absolute atomic E-state index is 6.00. The maximum Gasteiger partial charge on any atom is 0.191 e. The molecule has 3 aliphatic carbocycles. The predicted molar refractivity (Wildman–Crippen MR) is 99.8 cm³/mol. The molecule has 0 aromatic carbocycles. The molecule has 5 heteroatoms. The number of nitrogens with one attached hydrogen (secondary N) is 2. The van der Waals surface area contributed by atoms with Crippen LogP contribution < -0.4 is 10.6 Å². The molecule has 4 rings (SSSR count). The zero-order valence-corrected chi connectivity index (χ0v) is 16.0. The number of nitrogens with zero attached hydrogens (tertiary/aromatic N) is 1. The highest BCUT2D eigenvalue weighted by Gasteiger charge is 2.66. The van der Waals surface area contributed by atoms with Gasteiger partial charge in [-0.1, -0.05) is 25.7 Å². The van der Waals surface area contributed by atoms with E-state index in [4.69, 9.17) is 4.74 Å². The van der Waals surface area contributed by atoms with E-state index in [9.17, 15) is 0 Å². The molecule has 1 heterocycles. The Kier molecular flexibility index (Phi) is 5.22. The van der Waals surface area contributed by atoms with Crippen LogP contribution in [-0.4, -0.2) is 37.8 Å². The lowest BCUT2D eigenvalue weighted by atomic mass is 9.46. The minimum Gasteiger partial charge on any atom is -0.377 e. The minimum atomic E-state index is 0. The SMILES string of the molecule is CN=C(NC1CCCCC1)NC1C2CCOC2C12CCC2.I. The van der Waals surface area contributed by atoms with Crippen molar-refractivity contribution < 1.29 is 4.74 Å². The van der Waals surface area contributed by atoms with Crippen LogP contribution in [0.3, 0.4) is 0 Å². The van der Waals surface area contributed by atoms with E-state index in [1.165, 1.54) is 57.8 Å². The normalized spacial score (nSPS) is 36.8. The predicted octanol–water partition coefficient (Wildman–Crippen LogP) is 3.06. The number of hydrogen-bond acceptors (Lipinski definition) is 2. The van der Waals surface area contributed by atoms with E-state index < -0.39 is 0 Å². The molecule has 0 radical (unpaired) electrons. The number of fused-ring (bicyclic) bond motifs is 2. The smallest absolute Gasteiger partial charge is 0.191 e. The Labute approximate surface area is 151 Å². The Morgan fingerprint density at radius 3 is 2.45 bits per heavy atom. The number of guanidine groups is 1. The fourth-order valence-corrected chi connectivity index (χ4v) is 5.21. The monoisotopic (exact) mass is 419 g/mol. The van der Waals surface area contributed by atoms with Crippen LogP contribution in [0.2, 0.25) is 0 Å². The standard InChI is InChI=1S/C17H29N3O.HI/c1-18-16(19-12-6-3-2-4-7-12)20-14-13-8-11-21-15(13)17(14)9-5-10-17;/h12-15H,2-11H2,1H3,(H2,18,19,20);1H. The summed E-state index contributed by atoms with van der Waals surface area (Å²) in [5.74, 6) is 1.75. The van der Waals surface area contributed by atoms with Gasteiger partial charge in [0.05, 0.1) is 6.10 Å². The molecule has 2 N–H and O–H groups in total. The van der Waals surface area contributed by atoms with Crippen LogP contribution >= 0.6 is 24.0 Å². The summed E-state index contributed by atoms with van der Waals surface area (Å²) >= 11 is 0. The van der Waals surface area contributed by atoms with E-state index in [1.807, 2.05) is 7.05 Å². The van der Waals surface area contributed by atoms with E-state index in [0.717, 1.165) is 18.5 Å². The average molecular weight is 419 g/mol. The third kappa shape index (κ3) is 2.66. The lowest BCUT2D eigenvalue weighted by Crippen LogP contribution is -2.72. The largest absolute Gasteiger partial charge is 0.377 e. The molecular weight excluding hydrogens is 389 g/mol. The highest BCUT2D eigenvalue weighted by Crippen LogP contribution is 2.62. The van der Waals surface area contributed by atoms with Crippen LogP contribution in [0.4, 0.5) is 0 Å². The van der Waals surface area contributed by atoms with E-state index in [1.54, 1.807) is 0 Å². The first-order chi connectivity index (χ1) is 10.3. The summed E-state index contributed by atoms with van der Waals surface area (Å²) in [5.41, 5.74) is 0.436. The van der Waals surface area contributed by atoms with Gasteiger partial charge in [0.2, 0.25) is 0 Å². The van der Waals surface area contributed by atoms with Gasteiger partial charge in [-0.25, -0.2) is 0 Å². The summed E-state index contributed by atoms with van der Waals surface area (Å²) in [4.78, 5) is 4.50. The van der Waals surface area contributed by atoms with Crippen LogP contribution in [-0.2, 0) is 4.74 Å². The zero-order chi connectivity index (χ0) is 14.3. The number of aliphatic imine (C=N–C) groups is 1. The summed E-state index contributed by atoms with van der Waals surface area (Å²) in [6.45, 7) is 0.962. The van der Waals surface area contributed by atoms with Crippen molar-refractivity contribution in [2.75, 3.05) is 13.7 Å². The van der Waals surface area contributed by atoms with Crippen LogP contribution in [0.15, 0.2) is 4.99 Å². The lowest BCUT2D eigenvalue weighted by Gasteiger charge is -2.63. The highest BCUT2D eigenvalue weighted by molar-refractivity contribution is 14.0. The van der Waals surface area contributed by atoms with Crippen molar-refractivity contribution in [2.24, 2.45) is 16.3 Å². The summed E-state index contributed by atoms with van der Waals surface area (Å²) in [5, 5.41) is 7.44. The molecule has 3 unspecified atom stereocenters. The zero-order valence-electron chi connectivity index (χ0n) is 13.6. The van der Waals surface area contributed by atoms with Gasteiger partial charge in [-0.05, 0) is 32.1 Å². The molecular formula is C17H30IN3O. The molecule has 0 aromatic heterocycles. The van der Waals surface area contributed by atoms with Gasteiger partial charge in [0.1, 0.15) is 0 Å². The molecule has 22 heavy (non-hydrogen) atoms. The van der Waals surface area contributed by atoms with Crippen molar-refractivity contribution in [3.63, 3.8) is 0 Å². The molecule has 3 atom stereocenters. The van der Waals surface area contributed by atoms with E-state index in [-0.39, 0.29) is 24.0 Å². The number of ether oxygens (including phenoxy) is 1. The van der Waals surface area contributed by atoms with Crippen molar-refractivity contribution in [3.05, 3.63) is 0 Å². The minimum absolute atomic E-state index is 0. The summed E-state index contributed by atoms with van der Waals surface area (Å²) in [6, 6.07) is 1.21. The van der Waals surface area contributed by atoms with Gasteiger partial charge in [-0.3, -0.25) is 4.99 Å². The second-order valence-corrected chi connectivity index (χ2v) is 7.50. The number of rotatable bonds is 2. The number of halogens is 1. The van der Waals surface area contributed by atoms with Crippen LogP contribution in [0, 0.1) is 11.3 Å². The molecule has 0 bridgehead atoms. The summed E-state index contributed by atoms with van der Waals surface area (Å²) < 4.78 is 6.00. The van der Waals surface area contributed by atoms with Crippen molar-refractivity contribution in [2.45, 2.75) is 76.0 Å².